The molecule has 0 amide bonds. The minimum absolute atomic E-state index is 0.0251. The summed E-state index contributed by atoms with van der Waals surface area (Å²) < 4.78 is 117. The molecular weight excluding hydrogens is 813 g/mol. The van der Waals surface area contributed by atoms with Crippen LogP contribution in [0.5, 0.6) is 11.5 Å². The monoisotopic (exact) mass is 859 g/mol. The van der Waals surface area contributed by atoms with E-state index in [2.05, 4.69) is 15.2 Å². The number of rotatable bonds is 19. The highest BCUT2D eigenvalue weighted by Gasteiger charge is 2.92. The number of nitrogens with one attached hydrogen (secondary N) is 2. The Kier molecular flexibility index (Phi) is 13.2. The number of ether oxygens (including phenoxy) is 3. The van der Waals surface area contributed by atoms with Gasteiger partial charge in [-0.25, -0.2) is 27.1 Å². The quantitative estimate of drug-likeness (QED) is 0.0963. The molecule has 1 aliphatic heterocycles. The second-order valence-electron chi connectivity index (χ2n) is 14.4. The average Bonchev–Trinajstić information content (AvgIpc) is 3.61. The molecule has 2 aliphatic rings. The smallest absolute Gasteiger partial charge is 0.459 e. The average molecular weight is 860 g/mol. The van der Waals surface area contributed by atoms with E-state index in [0.717, 1.165) is 0 Å². The van der Waals surface area contributed by atoms with Crippen LogP contribution in [0, 0.1) is 17.2 Å². The zero-order valence-corrected chi connectivity index (χ0v) is 34.4. The van der Waals surface area contributed by atoms with Crippen LogP contribution in [-0.2, 0) is 42.0 Å². The summed E-state index contributed by atoms with van der Waals surface area (Å²) in [5.74, 6) is -9.55. The van der Waals surface area contributed by atoms with Gasteiger partial charge in [-0.05, 0) is 72.7 Å². The van der Waals surface area contributed by atoms with Crippen LogP contribution in [0.2, 0.25) is 0 Å². The van der Waals surface area contributed by atoms with Crippen LogP contribution in [0.1, 0.15) is 54.7 Å². The lowest BCUT2D eigenvalue weighted by molar-refractivity contribution is -0.181. The Morgan fingerprint density at radius 2 is 1.33 bits per heavy atom. The standard InChI is InChI=1S/C36H46F3N5O12P2/c1-21(2)52-30(45)23(5)42-57(48,55-25-14-10-8-11-15-25)50-19-28-34(7)35(28,36(38,39)32(54-34)44-18-27(37)29(40)41-33(44)47)20-51-58(49,56-26-16-12-9-13-17-26)43-24(6)31(46)53-22(3)4/h8-18,21-24,28,32H,19-20H2,1-7H3,(H,42,48)(H,43,49)(H2,40,41,47)/t23-,24-,28-,32-,34?,35?,57?,58?/m0/s1. The number of nitrogen functional groups attached to an aromatic ring is 1. The molecule has 58 heavy (non-hydrogen) atoms. The van der Waals surface area contributed by atoms with E-state index in [4.69, 9.17) is 38.0 Å². The van der Waals surface area contributed by atoms with Crippen molar-refractivity contribution in [3.63, 3.8) is 0 Å². The van der Waals surface area contributed by atoms with Gasteiger partial charge in [0, 0.05) is 5.92 Å². The number of anilines is 1. The summed E-state index contributed by atoms with van der Waals surface area (Å²) in [5, 5.41) is 4.90. The van der Waals surface area contributed by atoms with E-state index in [1.807, 2.05) is 0 Å². The number of para-hydroxylation sites is 2. The molecule has 22 heteroatoms. The summed E-state index contributed by atoms with van der Waals surface area (Å²) >= 11 is 0. The van der Waals surface area contributed by atoms with Gasteiger partial charge in [0.15, 0.2) is 11.6 Å². The van der Waals surface area contributed by atoms with Crippen molar-refractivity contribution < 1.29 is 64.2 Å². The molecule has 17 nitrogen and oxygen atoms in total. The van der Waals surface area contributed by atoms with Crippen molar-refractivity contribution in [2.75, 3.05) is 18.9 Å². The molecule has 5 rings (SSSR count). The van der Waals surface area contributed by atoms with Crippen molar-refractivity contribution in [1.29, 1.82) is 0 Å². The van der Waals surface area contributed by atoms with Gasteiger partial charge in [0.1, 0.15) is 23.6 Å². The van der Waals surface area contributed by atoms with Gasteiger partial charge in [-0.1, -0.05) is 36.4 Å². The number of aromatic nitrogens is 2. The fourth-order valence-corrected chi connectivity index (χ4v) is 9.60. The number of benzene rings is 2. The predicted molar refractivity (Wildman–Crippen MR) is 201 cm³/mol. The first kappa shape index (κ1) is 44.8. The number of esters is 2. The predicted octanol–water partition coefficient (Wildman–Crippen LogP) is 5.77. The molecule has 0 bridgehead atoms. The summed E-state index contributed by atoms with van der Waals surface area (Å²) in [6.07, 6.45) is -3.22. The van der Waals surface area contributed by atoms with Gasteiger partial charge in [0.05, 0.1) is 42.6 Å². The first-order valence-electron chi connectivity index (χ1n) is 18.1. The van der Waals surface area contributed by atoms with Gasteiger partial charge < -0.3 is 29.0 Å². The Hall–Kier alpha value is -4.29. The maximum atomic E-state index is 17.2. The van der Waals surface area contributed by atoms with Gasteiger partial charge in [-0.15, -0.1) is 0 Å². The van der Waals surface area contributed by atoms with Crippen molar-refractivity contribution in [2.45, 2.75) is 90.5 Å². The summed E-state index contributed by atoms with van der Waals surface area (Å²) in [5.41, 5.74) is -0.653. The molecule has 8 atom stereocenters. The van der Waals surface area contributed by atoms with Crippen LogP contribution in [0.25, 0.3) is 0 Å². The third-order valence-electron chi connectivity index (χ3n) is 9.44. The summed E-state index contributed by atoms with van der Waals surface area (Å²) in [6, 6.07) is 12.5. The molecule has 318 valence electrons. The van der Waals surface area contributed by atoms with E-state index in [1.165, 1.54) is 57.2 Å². The van der Waals surface area contributed by atoms with Crippen molar-refractivity contribution in [3.05, 3.63) is 83.2 Å². The van der Waals surface area contributed by atoms with Gasteiger partial charge in [0.2, 0.25) is 6.23 Å². The van der Waals surface area contributed by atoms with Crippen LogP contribution in [0.3, 0.4) is 0 Å². The second kappa shape index (κ2) is 17.1. The fraction of sp³-hybridized carbons (Fsp3) is 0.500. The highest BCUT2D eigenvalue weighted by atomic mass is 31.2. The van der Waals surface area contributed by atoms with Crippen LogP contribution in [0.4, 0.5) is 19.0 Å². The van der Waals surface area contributed by atoms with Gasteiger partial charge in [-0.3, -0.25) is 23.2 Å². The van der Waals surface area contributed by atoms with Gasteiger partial charge in [-0.2, -0.15) is 15.2 Å². The van der Waals surface area contributed by atoms with E-state index < -0.39 is 111 Å². The Labute approximate surface area is 332 Å². The first-order chi connectivity index (χ1) is 27.1. The van der Waals surface area contributed by atoms with E-state index in [0.29, 0.717) is 6.20 Å². The molecular formula is C36H46F3N5O12P2. The maximum Gasteiger partial charge on any atom is 0.459 e. The third kappa shape index (κ3) is 9.28. The Balaban J connectivity index is 1.52. The maximum absolute atomic E-state index is 17.2. The molecule has 4 unspecified atom stereocenters. The van der Waals surface area contributed by atoms with Gasteiger partial charge in [0.25, 0.3) is 0 Å². The van der Waals surface area contributed by atoms with Gasteiger partial charge >= 0.3 is 39.0 Å². The molecule has 1 saturated heterocycles. The van der Waals surface area contributed by atoms with Crippen molar-refractivity contribution in [3.8, 4) is 11.5 Å². The molecule has 2 fully saturated rings. The molecule has 1 aliphatic carbocycles. The largest absolute Gasteiger partial charge is 0.462 e. The van der Waals surface area contributed by atoms with E-state index >= 15 is 8.78 Å². The lowest BCUT2D eigenvalue weighted by atomic mass is 9.94. The number of nitrogens with two attached hydrogens (primary N) is 1. The molecule has 2 heterocycles. The number of halogens is 3. The number of hydrogen-bond acceptors (Lipinski definition) is 14. The molecule has 3 aromatic rings. The van der Waals surface area contributed by atoms with Crippen LogP contribution in [0.15, 0.2) is 71.7 Å². The minimum atomic E-state index is -4.81. The number of hydrogen-bond donors (Lipinski definition) is 3. The Morgan fingerprint density at radius 3 is 1.79 bits per heavy atom. The summed E-state index contributed by atoms with van der Waals surface area (Å²) in [4.78, 5) is 41.6. The lowest BCUT2D eigenvalue weighted by Crippen LogP contribution is -2.45. The van der Waals surface area contributed by atoms with Crippen LogP contribution >= 0.6 is 15.5 Å². The first-order valence-corrected chi connectivity index (χ1v) is 21.2. The highest BCUT2D eigenvalue weighted by molar-refractivity contribution is 7.52. The summed E-state index contributed by atoms with van der Waals surface area (Å²) in [7, 11) is -9.46. The number of carbonyl (C=O) groups excluding carboxylic acids is 2. The number of fused-ring (bicyclic) bond motifs is 1. The number of carbonyl (C=O) groups is 2. The fourth-order valence-electron chi connectivity index (χ4n) is 6.56. The van der Waals surface area contributed by atoms with Crippen molar-refractivity contribution >= 4 is 33.2 Å². The number of alkyl halides is 2. The highest BCUT2D eigenvalue weighted by Crippen LogP contribution is 2.80. The van der Waals surface area contributed by atoms with Crippen LogP contribution < -0.4 is 30.6 Å². The molecule has 1 saturated carbocycles. The molecule has 0 spiro atoms. The Morgan fingerprint density at radius 1 is 0.862 bits per heavy atom. The molecule has 0 radical (unpaired) electrons. The van der Waals surface area contributed by atoms with E-state index in [1.54, 1.807) is 52.0 Å². The van der Waals surface area contributed by atoms with E-state index in [-0.39, 0.29) is 16.1 Å². The van der Waals surface area contributed by atoms with Crippen molar-refractivity contribution in [1.82, 2.24) is 19.7 Å². The normalized spacial score (nSPS) is 25.2. The lowest BCUT2D eigenvalue weighted by Gasteiger charge is -2.31. The summed E-state index contributed by atoms with van der Waals surface area (Å²) in [6.45, 7) is 8.17. The molecule has 4 N–H and O–H groups in total. The molecule has 1 aromatic heterocycles. The van der Waals surface area contributed by atoms with Crippen LogP contribution in [-0.4, -0.2) is 70.5 Å². The zero-order valence-electron chi connectivity index (χ0n) is 32.6. The van der Waals surface area contributed by atoms with E-state index in [9.17, 15) is 27.9 Å². The second-order valence-corrected chi connectivity index (χ2v) is 17.8. The topological polar surface area (TPSA) is 218 Å². The Bertz CT molecular complexity index is 2120. The zero-order chi connectivity index (χ0) is 42.8. The minimum Gasteiger partial charge on any atom is -0.462 e. The number of nitrogens with zero attached hydrogens (tertiary/aromatic N) is 2. The third-order valence-corrected chi connectivity index (χ3v) is 12.7. The SMILES string of the molecule is CC(C)OC(=O)[C@H](C)NP(=O)(OC[C@H]1C2(C)O[C@H](n3cc(F)c(N)nc3=O)C(F)(F)C12COP(=O)(N[C@@H](C)C(=O)OC(C)C)Oc1ccccc1)Oc1ccccc1. The molecule has 2 aromatic carbocycles. The van der Waals surface area contributed by atoms with Crippen molar-refractivity contribution in [2.24, 2.45) is 11.3 Å².